The number of fused-ring (bicyclic) bond motifs is 4. The highest BCUT2D eigenvalue weighted by Crippen LogP contribution is 2.53. The standard InChI is InChI=1S/C27H29N5O3/c33-25(20-12-9-13-21(18-20)32(34)35)30-23-15-6-5-14-22(23)27(16-7-2-8-17-27)31-26(30)28-24(29-31)19-10-3-1-4-11-19/h1,3-4,9-13,18,22-23H,2,5-8,14-17H2/t22-,23+/m1/s1. The monoisotopic (exact) mass is 471 g/mol. The van der Waals surface area contributed by atoms with E-state index < -0.39 is 4.92 Å². The summed E-state index contributed by atoms with van der Waals surface area (Å²) < 4.78 is 2.08. The van der Waals surface area contributed by atoms with E-state index in [1.54, 1.807) is 12.1 Å². The van der Waals surface area contributed by atoms with Crippen LogP contribution >= 0.6 is 0 Å². The van der Waals surface area contributed by atoms with Crippen LogP contribution in [0.1, 0.15) is 68.1 Å². The molecule has 0 radical (unpaired) electrons. The molecule has 2 aliphatic carbocycles. The van der Waals surface area contributed by atoms with Crippen LogP contribution in [0.5, 0.6) is 0 Å². The molecule has 1 aliphatic heterocycles. The van der Waals surface area contributed by atoms with Gasteiger partial charge >= 0.3 is 0 Å². The largest absolute Gasteiger partial charge is 0.273 e. The predicted molar refractivity (Wildman–Crippen MR) is 132 cm³/mol. The number of rotatable bonds is 3. The Hall–Kier alpha value is -3.55. The first-order valence-electron chi connectivity index (χ1n) is 12.7. The van der Waals surface area contributed by atoms with Crippen LogP contribution in [0.25, 0.3) is 11.4 Å². The average molecular weight is 472 g/mol. The van der Waals surface area contributed by atoms with Gasteiger partial charge in [-0.05, 0) is 31.7 Å². The van der Waals surface area contributed by atoms with Crippen molar-refractivity contribution in [2.75, 3.05) is 4.90 Å². The molecular weight excluding hydrogens is 442 g/mol. The zero-order valence-corrected chi connectivity index (χ0v) is 19.7. The summed E-state index contributed by atoms with van der Waals surface area (Å²) in [6, 6.07) is 16.0. The van der Waals surface area contributed by atoms with Crippen LogP contribution in [-0.4, -0.2) is 31.6 Å². The van der Waals surface area contributed by atoms with Gasteiger partial charge < -0.3 is 0 Å². The number of carbonyl (C=O) groups excluding carboxylic acids is 1. The quantitative estimate of drug-likeness (QED) is 0.359. The number of non-ortho nitro benzene ring substituents is 1. The van der Waals surface area contributed by atoms with E-state index in [9.17, 15) is 14.9 Å². The van der Waals surface area contributed by atoms with Crippen LogP contribution in [-0.2, 0) is 5.54 Å². The minimum Gasteiger partial charge on any atom is -0.273 e. The third-order valence-electron chi connectivity index (χ3n) is 8.25. The molecule has 35 heavy (non-hydrogen) atoms. The van der Waals surface area contributed by atoms with Crippen molar-refractivity contribution < 1.29 is 9.72 Å². The molecule has 180 valence electrons. The van der Waals surface area contributed by atoms with Crippen molar-refractivity contribution >= 4 is 17.5 Å². The van der Waals surface area contributed by atoms with E-state index in [1.807, 2.05) is 35.2 Å². The molecule has 1 spiro atoms. The molecule has 0 saturated heterocycles. The first-order valence-corrected chi connectivity index (χ1v) is 12.7. The number of aromatic nitrogens is 3. The van der Waals surface area contributed by atoms with Crippen molar-refractivity contribution in [3.63, 3.8) is 0 Å². The van der Waals surface area contributed by atoms with Crippen LogP contribution < -0.4 is 4.90 Å². The number of nitrogens with zero attached hydrogens (tertiary/aromatic N) is 5. The van der Waals surface area contributed by atoms with Crippen molar-refractivity contribution in [3.8, 4) is 11.4 Å². The highest BCUT2D eigenvalue weighted by Gasteiger charge is 2.55. The van der Waals surface area contributed by atoms with E-state index >= 15 is 0 Å². The fraction of sp³-hybridized carbons (Fsp3) is 0.444. The van der Waals surface area contributed by atoms with E-state index in [-0.39, 0.29) is 23.2 Å². The van der Waals surface area contributed by atoms with Crippen LogP contribution in [0.4, 0.5) is 11.6 Å². The summed E-state index contributed by atoms with van der Waals surface area (Å²) in [6.07, 6.45) is 9.83. The summed E-state index contributed by atoms with van der Waals surface area (Å²) in [5, 5.41) is 16.5. The zero-order chi connectivity index (χ0) is 24.0. The lowest BCUT2D eigenvalue weighted by Gasteiger charge is -2.55. The van der Waals surface area contributed by atoms with Crippen LogP contribution in [0.3, 0.4) is 0 Å². The normalized spacial score (nSPS) is 22.9. The third kappa shape index (κ3) is 3.54. The number of anilines is 1. The van der Waals surface area contributed by atoms with Crippen LogP contribution in [0, 0.1) is 16.0 Å². The minimum atomic E-state index is -0.455. The summed E-state index contributed by atoms with van der Waals surface area (Å²) in [5.74, 6) is 1.29. The molecule has 2 saturated carbocycles. The maximum atomic E-state index is 14.0. The van der Waals surface area contributed by atoms with Crippen molar-refractivity contribution in [3.05, 3.63) is 70.3 Å². The number of nitro groups is 1. The fourth-order valence-electron chi connectivity index (χ4n) is 6.70. The number of benzene rings is 2. The van der Waals surface area contributed by atoms with Gasteiger partial charge in [0.15, 0.2) is 5.82 Å². The van der Waals surface area contributed by atoms with Gasteiger partial charge in [-0.15, -0.1) is 5.10 Å². The lowest BCUT2D eigenvalue weighted by molar-refractivity contribution is -0.384. The highest BCUT2D eigenvalue weighted by atomic mass is 16.6. The Morgan fingerprint density at radius 2 is 1.74 bits per heavy atom. The SMILES string of the molecule is O=C(c1cccc([N+](=O)[O-])c1)N1c2nc(-c3ccccc3)nn2C2(CCCCC2)[C@@H]2CCCC[C@@H]21. The van der Waals surface area contributed by atoms with E-state index in [0.29, 0.717) is 23.3 Å². The Balaban J connectivity index is 1.53. The number of amides is 1. The minimum absolute atomic E-state index is 0.0222. The van der Waals surface area contributed by atoms with Crippen LogP contribution in [0.15, 0.2) is 54.6 Å². The summed E-state index contributed by atoms with van der Waals surface area (Å²) in [6.45, 7) is 0. The molecule has 2 atom stereocenters. The topological polar surface area (TPSA) is 94.2 Å². The summed E-state index contributed by atoms with van der Waals surface area (Å²) in [4.78, 5) is 31.8. The highest BCUT2D eigenvalue weighted by molar-refractivity contribution is 6.06. The first kappa shape index (κ1) is 21.9. The number of hydrogen-bond donors (Lipinski definition) is 0. The molecule has 1 aromatic heterocycles. The van der Waals surface area contributed by atoms with Crippen molar-refractivity contribution in [1.82, 2.24) is 14.8 Å². The molecule has 2 fully saturated rings. The van der Waals surface area contributed by atoms with E-state index in [1.165, 1.54) is 18.6 Å². The molecule has 3 aliphatic rings. The summed E-state index contributed by atoms with van der Waals surface area (Å²) in [5.41, 5.74) is 1.03. The third-order valence-corrected chi connectivity index (χ3v) is 8.25. The van der Waals surface area contributed by atoms with Gasteiger partial charge in [-0.25, -0.2) is 4.68 Å². The molecule has 8 heteroatoms. The number of nitro benzene ring substituents is 1. The van der Waals surface area contributed by atoms with Crippen molar-refractivity contribution in [2.45, 2.75) is 69.4 Å². The van der Waals surface area contributed by atoms with E-state index in [0.717, 1.165) is 56.9 Å². The van der Waals surface area contributed by atoms with Gasteiger partial charge in [0.2, 0.25) is 5.95 Å². The summed E-state index contributed by atoms with van der Waals surface area (Å²) in [7, 11) is 0. The van der Waals surface area contributed by atoms with Gasteiger partial charge in [-0.1, -0.05) is 68.5 Å². The molecule has 0 unspecified atom stereocenters. The zero-order valence-electron chi connectivity index (χ0n) is 19.7. The van der Waals surface area contributed by atoms with E-state index in [4.69, 9.17) is 10.1 Å². The van der Waals surface area contributed by atoms with Gasteiger partial charge in [0, 0.05) is 35.2 Å². The maximum absolute atomic E-state index is 14.0. The average Bonchev–Trinajstić information content (AvgIpc) is 3.36. The van der Waals surface area contributed by atoms with Gasteiger partial charge in [0.05, 0.1) is 10.5 Å². The molecule has 1 amide bonds. The molecule has 8 nitrogen and oxygen atoms in total. The second-order valence-corrected chi connectivity index (χ2v) is 10.1. The van der Waals surface area contributed by atoms with Crippen LogP contribution in [0.2, 0.25) is 0 Å². The lowest BCUT2D eigenvalue weighted by atomic mass is 9.64. The lowest BCUT2D eigenvalue weighted by Crippen LogP contribution is -2.61. The Kier molecular flexibility index (Phi) is 5.39. The second-order valence-electron chi connectivity index (χ2n) is 10.1. The second kappa shape index (κ2) is 8.59. The van der Waals surface area contributed by atoms with E-state index in [2.05, 4.69) is 4.68 Å². The fourth-order valence-corrected chi connectivity index (χ4v) is 6.70. The van der Waals surface area contributed by atoms with Crippen molar-refractivity contribution in [1.29, 1.82) is 0 Å². The Morgan fingerprint density at radius 3 is 2.51 bits per heavy atom. The number of hydrogen-bond acceptors (Lipinski definition) is 5. The Morgan fingerprint density at radius 1 is 0.971 bits per heavy atom. The van der Waals surface area contributed by atoms with Gasteiger partial charge in [-0.3, -0.25) is 19.8 Å². The first-order chi connectivity index (χ1) is 17.1. The Labute approximate surface area is 204 Å². The number of carbonyl (C=O) groups is 1. The smallest absolute Gasteiger partial charge is 0.270 e. The molecule has 2 aromatic carbocycles. The maximum Gasteiger partial charge on any atom is 0.270 e. The van der Waals surface area contributed by atoms with Gasteiger partial charge in [0.1, 0.15) is 0 Å². The molecule has 6 rings (SSSR count). The predicted octanol–water partition coefficient (Wildman–Crippen LogP) is 5.73. The molecule has 0 N–H and O–H groups in total. The summed E-state index contributed by atoms with van der Waals surface area (Å²) >= 11 is 0. The van der Waals surface area contributed by atoms with Gasteiger partial charge in [0.25, 0.3) is 11.6 Å². The Bertz CT molecular complexity index is 1260. The molecule has 3 aromatic rings. The molecule has 0 bridgehead atoms. The van der Waals surface area contributed by atoms with Gasteiger partial charge in [-0.2, -0.15) is 4.98 Å². The molecular formula is C27H29N5O3. The van der Waals surface area contributed by atoms with Crippen molar-refractivity contribution in [2.24, 2.45) is 5.92 Å². The molecule has 2 heterocycles.